The van der Waals surface area contributed by atoms with Crippen molar-refractivity contribution in [2.45, 2.75) is 58.8 Å². The minimum absolute atomic E-state index is 0.00883. The summed E-state index contributed by atoms with van der Waals surface area (Å²) in [6, 6.07) is 6.83. The van der Waals surface area contributed by atoms with Gasteiger partial charge in [-0.15, -0.1) is 0 Å². The number of carbonyl (C=O) groups is 2. The smallest absolute Gasteiger partial charge is 0.254 e. The molecule has 5 heteroatoms. The van der Waals surface area contributed by atoms with Gasteiger partial charge in [-0.3, -0.25) is 9.59 Å². The fraction of sp³-hybridized carbons (Fsp3) is 0.579. The second-order valence-electron chi connectivity index (χ2n) is 8.16. The molecular weight excluding hydrogens is 304 g/mol. The Kier molecular flexibility index (Phi) is 5.04. The molecule has 1 saturated heterocycles. The zero-order valence-corrected chi connectivity index (χ0v) is 15.5. The maximum absolute atomic E-state index is 12.7. The number of nitrogens with one attached hydrogen (secondary N) is 1. The van der Waals surface area contributed by atoms with Gasteiger partial charge in [-0.2, -0.15) is 0 Å². The third kappa shape index (κ3) is 4.81. The van der Waals surface area contributed by atoms with Crippen LogP contribution < -0.4 is 5.32 Å². The fourth-order valence-corrected chi connectivity index (χ4v) is 2.97. The van der Waals surface area contributed by atoms with E-state index >= 15 is 0 Å². The molecule has 1 aromatic rings. The Bertz CT molecular complexity index is 614. The number of carbonyl (C=O) groups excluding carboxylic acids is 2. The fourth-order valence-electron chi connectivity index (χ4n) is 2.97. The Labute approximate surface area is 144 Å². The summed E-state index contributed by atoms with van der Waals surface area (Å²) in [5.41, 5.74) is 0.505. The predicted octanol–water partition coefficient (Wildman–Crippen LogP) is 2.85. The van der Waals surface area contributed by atoms with Crippen LogP contribution >= 0.6 is 0 Å². The number of benzene rings is 1. The first-order chi connectivity index (χ1) is 11.0. The Hall–Kier alpha value is -1.88. The van der Waals surface area contributed by atoms with Crippen molar-refractivity contribution in [2.24, 2.45) is 0 Å². The number of rotatable bonds is 2. The average molecular weight is 332 g/mol. The maximum Gasteiger partial charge on any atom is 0.254 e. The van der Waals surface area contributed by atoms with Gasteiger partial charge >= 0.3 is 0 Å². The molecule has 0 radical (unpaired) electrons. The van der Waals surface area contributed by atoms with E-state index < -0.39 is 0 Å². The summed E-state index contributed by atoms with van der Waals surface area (Å²) in [6.07, 6.45) is 0.00883. The molecule has 1 heterocycles. The van der Waals surface area contributed by atoms with Crippen molar-refractivity contribution in [1.29, 1.82) is 0 Å². The van der Waals surface area contributed by atoms with E-state index in [0.29, 0.717) is 24.2 Å². The second kappa shape index (κ2) is 6.55. The lowest BCUT2D eigenvalue weighted by atomic mass is 10.0. The molecule has 132 valence electrons. The van der Waals surface area contributed by atoms with E-state index in [-0.39, 0.29) is 29.1 Å². The molecule has 1 atom stereocenters. The second-order valence-corrected chi connectivity index (χ2v) is 8.16. The zero-order chi connectivity index (χ0) is 18.1. The number of nitrogens with zero attached hydrogens (tertiary/aromatic N) is 1. The first kappa shape index (κ1) is 18.5. The first-order valence-corrected chi connectivity index (χ1v) is 8.36. The largest absolute Gasteiger partial charge is 0.369 e. The summed E-state index contributed by atoms with van der Waals surface area (Å²) in [6.45, 7) is 12.9. The zero-order valence-electron chi connectivity index (χ0n) is 15.5. The molecule has 0 spiro atoms. The molecule has 1 N–H and O–H groups in total. The van der Waals surface area contributed by atoms with E-state index in [9.17, 15) is 9.59 Å². The van der Waals surface area contributed by atoms with Crippen molar-refractivity contribution in [3.8, 4) is 0 Å². The highest BCUT2D eigenvalue weighted by molar-refractivity contribution is 5.98. The molecule has 0 aliphatic carbocycles. The van der Waals surface area contributed by atoms with Crippen LogP contribution in [0.25, 0.3) is 0 Å². The summed E-state index contributed by atoms with van der Waals surface area (Å²) in [4.78, 5) is 26.7. The van der Waals surface area contributed by atoms with Crippen LogP contribution in [0.15, 0.2) is 24.3 Å². The van der Waals surface area contributed by atoms with Gasteiger partial charge < -0.3 is 15.0 Å². The van der Waals surface area contributed by atoms with Crippen LogP contribution in [0.1, 0.15) is 62.3 Å². The van der Waals surface area contributed by atoms with Gasteiger partial charge in [0.15, 0.2) is 0 Å². The van der Waals surface area contributed by atoms with Gasteiger partial charge in [0, 0.05) is 29.8 Å². The SMILES string of the molecule is C[C@@H]1CN(C(=O)c2ccc(C(=O)NC(C)(C)C)cc2)CC(C)(C)O1. The van der Waals surface area contributed by atoms with E-state index in [0.717, 1.165) is 0 Å². The van der Waals surface area contributed by atoms with E-state index in [1.54, 1.807) is 24.3 Å². The quantitative estimate of drug-likeness (QED) is 0.906. The molecule has 1 aliphatic rings. The highest BCUT2D eigenvalue weighted by Crippen LogP contribution is 2.22. The summed E-state index contributed by atoms with van der Waals surface area (Å²) in [5, 5.41) is 2.91. The molecule has 24 heavy (non-hydrogen) atoms. The monoisotopic (exact) mass is 332 g/mol. The lowest BCUT2D eigenvalue weighted by Gasteiger charge is -2.41. The molecule has 0 saturated carbocycles. The number of hydrogen-bond acceptors (Lipinski definition) is 3. The summed E-state index contributed by atoms with van der Waals surface area (Å²) < 4.78 is 5.84. The topological polar surface area (TPSA) is 58.6 Å². The maximum atomic E-state index is 12.7. The van der Waals surface area contributed by atoms with Crippen molar-refractivity contribution < 1.29 is 14.3 Å². The lowest BCUT2D eigenvalue weighted by molar-refractivity contribution is -0.118. The van der Waals surface area contributed by atoms with Crippen molar-refractivity contribution in [3.05, 3.63) is 35.4 Å². The van der Waals surface area contributed by atoms with E-state index in [1.165, 1.54) is 0 Å². The van der Waals surface area contributed by atoms with E-state index in [4.69, 9.17) is 4.74 Å². The summed E-state index contributed by atoms with van der Waals surface area (Å²) >= 11 is 0. The van der Waals surface area contributed by atoms with Gasteiger partial charge in [-0.1, -0.05) is 0 Å². The van der Waals surface area contributed by atoms with Crippen LogP contribution in [0.3, 0.4) is 0 Å². The van der Waals surface area contributed by atoms with Crippen molar-refractivity contribution in [2.75, 3.05) is 13.1 Å². The lowest BCUT2D eigenvalue weighted by Crippen LogP contribution is -2.53. The van der Waals surface area contributed by atoms with Crippen LogP contribution in [0.2, 0.25) is 0 Å². The molecule has 0 unspecified atom stereocenters. The normalized spacial score (nSPS) is 20.6. The van der Waals surface area contributed by atoms with E-state index in [2.05, 4.69) is 5.32 Å². The van der Waals surface area contributed by atoms with Crippen LogP contribution in [0.4, 0.5) is 0 Å². The highest BCUT2D eigenvalue weighted by atomic mass is 16.5. The van der Waals surface area contributed by atoms with Crippen LogP contribution in [-0.2, 0) is 4.74 Å². The van der Waals surface area contributed by atoms with Crippen molar-refractivity contribution in [1.82, 2.24) is 10.2 Å². The number of hydrogen-bond donors (Lipinski definition) is 1. The summed E-state index contributed by atoms with van der Waals surface area (Å²) in [7, 11) is 0. The standard InChI is InChI=1S/C19H28N2O3/c1-13-11-21(12-19(5,6)24-13)17(23)15-9-7-14(8-10-15)16(22)20-18(2,3)4/h7-10,13H,11-12H2,1-6H3,(H,20,22)/t13-/m1/s1. The highest BCUT2D eigenvalue weighted by Gasteiger charge is 2.34. The van der Waals surface area contributed by atoms with E-state index in [1.807, 2.05) is 46.4 Å². The minimum atomic E-state index is -0.347. The molecule has 5 nitrogen and oxygen atoms in total. The van der Waals surface area contributed by atoms with Crippen LogP contribution in [0, 0.1) is 0 Å². The third-order valence-corrected chi connectivity index (χ3v) is 3.74. The molecule has 2 amide bonds. The van der Waals surface area contributed by atoms with Gasteiger partial charge in [0.05, 0.1) is 11.7 Å². The molecule has 0 bridgehead atoms. The minimum Gasteiger partial charge on any atom is -0.369 e. The Balaban J connectivity index is 2.10. The van der Waals surface area contributed by atoms with Gasteiger partial charge in [-0.25, -0.2) is 0 Å². The molecular formula is C19H28N2O3. The Morgan fingerprint density at radius 3 is 2.21 bits per heavy atom. The van der Waals surface area contributed by atoms with Gasteiger partial charge in [0.1, 0.15) is 0 Å². The molecule has 2 rings (SSSR count). The number of ether oxygens (including phenoxy) is 1. The molecule has 0 aromatic heterocycles. The Morgan fingerprint density at radius 2 is 1.71 bits per heavy atom. The van der Waals surface area contributed by atoms with Gasteiger partial charge in [0.25, 0.3) is 11.8 Å². The van der Waals surface area contributed by atoms with Gasteiger partial charge in [-0.05, 0) is 65.8 Å². The molecule has 1 aromatic carbocycles. The van der Waals surface area contributed by atoms with Crippen molar-refractivity contribution >= 4 is 11.8 Å². The first-order valence-electron chi connectivity index (χ1n) is 8.36. The molecule has 1 aliphatic heterocycles. The predicted molar refractivity (Wildman–Crippen MR) is 94.2 cm³/mol. The third-order valence-electron chi connectivity index (χ3n) is 3.74. The average Bonchev–Trinajstić information content (AvgIpc) is 2.42. The van der Waals surface area contributed by atoms with Crippen LogP contribution in [-0.4, -0.2) is 47.0 Å². The number of morpholine rings is 1. The van der Waals surface area contributed by atoms with Crippen molar-refractivity contribution in [3.63, 3.8) is 0 Å². The number of amides is 2. The molecule has 1 fully saturated rings. The van der Waals surface area contributed by atoms with Crippen LogP contribution in [0.5, 0.6) is 0 Å². The van der Waals surface area contributed by atoms with Gasteiger partial charge in [0.2, 0.25) is 0 Å². The Morgan fingerprint density at radius 1 is 1.17 bits per heavy atom. The summed E-state index contributed by atoms with van der Waals surface area (Å²) in [5.74, 6) is -0.163.